The average Bonchev–Trinajstić information content (AvgIpc) is 2.88. The van der Waals surface area contributed by atoms with E-state index >= 15 is 0 Å². The lowest BCUT2D eigenvalue weighted by Crippen LogP contribution is -1.96. The van der Waals surface area contributed by atoms with Gasteiger partial charge < -0.3 is 4.74 Å². The molecule has 1 nitrogen and oxygen atoms in total. The maximum absolute atomic E-state index is 12.9. The molecule has 0 radical (unpaired) electrons. The molecule has 0 spiro atoms. The standard InChI is InChI=1S/C16H14ClFO/c17-15(9-11-1-4-14(18)5-2-11)12-3-6-16-13(10-12)7-8-19-16/h1-6,10,15H,7-9H2. The second-order valence-corrected chi connectivity index (χ2v) is 5.29. The molecule has 19 heavy (non-hydrogen) atoms. The van der Waals surface area contributed by atoms with Crippen molar-refractivity contribution in [3.8, 4) is 5.75 Å². The van der Waals surface area contributed by atoms with Crippen LogP contribution < -0.4 is 4.74 Å². The lowest BCUT2D eigenvalue weighted by Gasteiger charge is -2.11. The van der Waals surface area contributed by atoms with Crippen LogP contribution in [0.4, 0.5) is 4.39 Å². The third-order valence-corrected chi connectivity index (χ3v) is 3.81. The van der Waals surface area contributed by atoms with E-state index in [2.05, 4.69) is 6.07 Å². The van der Waals surface area contributed by atoms with Crippen LogP contribution in [-0.4, -0.2) is 6.61 Å². The number of halogens is 2. The summed E-state index contributed by atoms with van der Waals surface area (Å²) in [5.74, 6) is 0.749. The van der Waals surface area contributed by atoms with Crippen LogP contribution in [0.25, 0.3) is 0 Å². The molecule has 0 saturated carbocycles. The summed E-state index contributed by atoms with van der Waals surface area (Å²) >= 11 is 6.45. The Morgan fingerprint density at radius 2 is 1.95 bits per heavy atom. The Balaban J connectivity index is 1.76. The number of fused-ring (bicyclic) bond motifs is 1. The SMILES string of the molecule is Fc1ccc(CC(Cl)c2ccc3c(c2)CCO3)cc1. The summed E-state index contributed by atoms with van der Waals surface area (Å²) in [5, 5.41) is -0.101. The monoisotopic (exact) mass is 276 g/mol. The normalized spacial score (nSPS) is 14.8. The van der Waals surface area contributed by atoms with Gasteiger partial charge in [0, 0.05) is 6.42 Å². The van der Waals surface area contributed by atoms with E-state index in [-0.39, 0.29) is 11.2 Å². The second kappa shape index (κ2) is 5.22. The van der Waals surface area contributed by atoms with Crippen molar-refractivity contribution in [2.75, 3.05) is 6.61 Å². The summed E-state index contributed by atoms with van der Waals surface area (Å²) in [7, 11) is 0. The molecule has 0 bridgehead atoms. The quantitative estimate of drug-likeness (QED) is 0.760. The van der Waals surface area contributed by atoms with E-state index in [1.165, 1.54) is 17.7 Å². The first kappa shape index (κ1) is 12.5. The molecule has 98 valence electrons. The van der Waals surface area contributed by atoms with E-state index in [9.17, 15) is 4.39 Å². The molecule has 0 amide bonds. The first-order chi connectivity index (χ1) is 9.22. The van der Waals surface area contributed by atoms with Crippen LogP contribution in [0.1, 0.15) is 22.1 Å². The maximum Gasteiger partial charge on any atom is 0.123 e. The van der Waals surface area contributed by atoms with E-state index in [0.717, 1.165) is 29.9 Å². The molecule has 0 aliphatic carbocycles. The minimum Gasteiger partial charge on any atom is -0.493 e. The molecule has 0 aromatic heterocycles. The fourth-order valence-corrected chi connectivity index (χ4v) is 2.66. The van der Waals surface area contributed by atoms with Crippen molar-refractivity contribution in [3.05, 3.63) is 65.0 Å². The zero-order valence-electron chi connectivity index (χ0n) is 10.4. The molecule has 3 heteroatoms. The van der Waals surface area contributed by atoms with Crippen LogP contribution in [-0.2, 0) is 12.8 Å². The third-order valence-electron chi connectivity index (χ3n) is 3.40. The lowest BCUT2D eigenvalue weighted by atomic mass is 10.0. The predicted octanol–water partition coefficient (Wildman–Crippen LogP) is 4.28. The smallest absolute Gasteiger partial charge is 0.123 e. The maximum atomic E-state index is 12.9. The minimum absolute atomic E-state index is 0.101. The van der Waals surface area contributed by atoms with Gasteiger partial charge >= 0.3 is 0 Å². The van der Waals surface area contributed by atoms with Gasteiger partial charge in [-0.05, 0) is 41.3 Å². The first-order valence-corrected chi connectivity index (χ1v) is 6.80. The number of hydrogen-bond donors (Lipinski definition) is 0. The molecular weight excluding hydrogens is 263 g/mol. The van der Waals surface area contributed by atoms with Crippen LogP contribution in [0.2, 0.25) is 0 Å². The van der Waals surface area contributed by atoms with Gasteiger partial charge in [0.2, 0.25) is 0 Å². The summed E-state index contributed by atoms with van der Waals surface area (Å²) in [6.07, 6.45) is 1.64. The topological polar surface area (TPSA) is 9.23 Å². The summed E-state index contributed by atoms with van der Waals surface area (Å²) in [4.78, 5) is 0. The van der Waals surface area contributed by atoms with E-state index in [0.29, 0.717) is 6.42 Å². The van der Waals surface area contributed by atoms with E-state index < -0.39 is 0 Å². The molecule has 2 aromatic carbocycles. The molecule has 1 aliphatic rings. The first-order valence-electron chi connectivity index (χ1n) is 6.36. The van der Waals surface area contributed by atoms with E-state index in [1.54, 1.807) is 12.1 Å². The lowest BCUT2D eigenvalue weighted by molar-refractivity contribution is 0.357. The van der Waals surface area contributed by atoms with Crippen molar-refractivity contribution in [3.63, 3.8) is 0 Å². The van der Waals surface area contributed by atoms with Gasteiger partial charge in [0.1, 0.15) is 11.6 Å². The summed E-state index contributed by atoms with van der Waals surface area (Å²) < 4.78 is 18.3. The average molecular weight is 277 g/mol. The van der Waals surface area contributed by atoms with Crippen molar-refractivity contribution in [2.45, 2.75) is 18.2 Å². The van der Waals surface area contributed by atoms with Crippen molar-refractivity contribution < 1.29 is 9.13 Å². The van der Waals surface area contributed by atoms with Crippen LogP contribution in [0.15, 0.2) is 42.5 Å². The summed E-state index contributed by atoms with van der Waals surface area (Å²) in [6, 6.07) is 12.6. The van der Waals surface area contributed by atoms with Gasteiger partial charge in [-0.1, -0.05) is 24.3 Å². The molecule has 1 unspecified atom stereocenters. The Morgan fingerprint density at radius 1 is 1.16 bits per heavy atom. The van der Waals surface area contributed by atoms with Gasteiger partial charge in [-0.15, -0.1) is 11.6 Å². The van der Waals surface area contributed by atoms with Crippen LogP contribution >= 0.6 is 11.6 Å². The fraction of sp³-hybridized carbons (Fsp3) is 0.250. The zero-order chi connectivity index (χ0) is 13.2. The molecule has 0 saturated heterocycles. The largest absolute Gasteiger partial charge is 0.493 e. The van der Waals surface area contributed by atoms with Gasteiger partial charge in [0.15, 0.2) is 0 Å². The van der Waals surface area contributed by atoms with Crippen molar-refractivity contribution >= 4 is 11.6 Å². The highest BCUT2D eigenvalue weighted by Gasteiger charge is 2.15. The third kappa shape index (κ3) is 2.74. The van der Waals surface area contributed by atoms with Crippen LogP contribution in [0.5, 0.6) is 5.75 Å². The predicted molar refractivity (Wildman–Crippen MR) is 74.3 cm³/mol. The zero-order valence-corrected chi connectivity index (χ0v) is 11.2. The highest BCUT2D eigenvalue weighted by atomic mass is 35.5. The Labute approximate surface area is 117 Å². The van der Waals surface area contributed by atoms with Gasteiger partial charge in [0.25, 0.3) is 0 Å². The Hall–Kier alpha value is -1.54. The van der Waals surface area contributed by atoms with E-state index in [1.807, 2.05) is 12.1 Å². The highest BCUT2D eigenvalue weighted by Crippen LogP contribution is 2.32. The molecule has 3 rings (SSSR count). The minimum atomic E-state index is -0.218. The second-order valence-electron chi connectivity index (χ2n) is 4.76. The number of ether oxygens (including phenoxy) is 1. The van der Waals surface area contributed by atoms with E-state index in [4.69, 9.17) is 16.3 Å². The van der Waals surface area contributed by atoms with Crippen molar-refractivity contribution in [1.82, 2.24) is 0 Å². The summed E-state index contributed by atoms with van der Waals surface area (Å²) in [6.45, 7) is 0.754. The molecule has 2 aromatic rings. The summed E-state index contributed by atoms with van der Waals surface area (Å²) in [5.41, 5.74) is 3.36. The van der Waals surface area contributed by atoms with Gasteiger partial charge in [0.05, 0.1) is 12.0 Å². The van der Waals surface area contributed by atoms with Gasteiger partial charge in [-0.2, -0.15) is 0 Å². The van der Waals surface area contributed by atoms with Crippen molar-refractivity contribution in [1.29, 1.82) is 0 Å². The van der Waals surface area contributed by atoms with Crippen LogP contribution in [0, 0.1) is 5.82 Å². The van der Waals surface area contributed by atoms with Gasteiger partial charge in [-0.3, -0.25) is 0 Å². The molecule has 0 N–H and O–H groups in total. The fourth-order valence-electron chi connectivity index (χ4n) is 2.35. The van der Waals surface area contributed by atoms with Gasteiger partial charge in [-0.25, -0.2) is 4.39 Å². The molecule has 1 heterocycles. The Kier molecular flexibility index (Phi) is 3.43. The van der Waals surface area contributed by atoms with Crippen LogP contribution in [0.3, 0.4) is 0 Å². The highest BCUT2D eigenvalue weighted by molar-refractivity contribution is 6.20. The Morgan fingerprint density at radius 3 is 2.74 bits per heavy atom. The molecule has 1 atom stereocenters. The molecular formula is C16H14ClFO. The molecule has 1 aliphatic heterocycles. The number of hydrogen-bond acceptors (Lipinski definition) is 1. The number of rotatable bonds is 3. The number of benzene rings is 2. The Bertz CT molecular complexity index is 580. The van der Waals surface area contributed by atoms with Crippen molar-refractivity contribution in [2.24, 2.45) is 0 Å². The number of alkyl halides is 1. The molecule has 0 fully saturated rings.